The maximum atomic E-state index is 12.7. The summed E-state index contributed by atoms with van der Waals surface area (Å²) < 4.78 is 2.10. The predicted molar refractivity (Wildman–Crippen MR) is 141 cm³/mol. The first-order chi connectivity index (χ1) is 17.0. The molecule has 7 nitrogen and oxygen atoms in total. The summed E-state index contributed by atoms with van der Waals surface area (Å²) in [6.07, 6.45) is 4.94. The first kappa shape index (κ1) is 22.7. The average molecular weight is 485 g/mol. The molecule has 0 radical (unpaired) electrons. The van der Waals surface area contributed by atoms with Crippen molar-refractivity contribution < 1.29 is 9.72 Å². The molecule has 2 N–H and O–H groups in total. The SMILES string of the molecule is CCc1ccc(N[C@@H]2NC(=O)/C(=C/c3cn(Cc4ccc([N+](=O)[O-])cc4)c4ccccc34)S2)cc1. The summed E-state index contributed by atoms with van der Waals surface area (Å²) in [5.74, 6) is -0.107. The maximum absolute atomic E-state index is 12.7. The number of hydrogen-bond donors (Lipinski definition) is 2. The van der Waals surface area contributed by atoms with Gasteiger partial charge in [0.2, 0.25) is 0 Å². The lowest BCUT2D eigenvalue weighted by molar-refractivity contribution is -0.384. The monoisotopic (exact) mass is 484 g/mol. The summed E-state index contributed by atoms with van der Waals surface area (Å²) in [6.45, 7) is 2.69. The zero-order valence-corrected chi connectivity index (χ0v) is 19.9. The Morgan fingerprint density at radius 3 is 2.49 bits per heavy atom. The van der Waals surface area contributed by atoms with Gasteiger partial charge in [-0.3, -0.25) is 14.9 Å². The summed E-state index contributed by atoms with van der Waals surface area (Å²) in [5.41, 5.74) is 5.01. The minimum Gasteiger partial charge on any atom is -0.357 e. The largest absolute Gasteiger partial charge is 0.357 e. The molecule has 0 bridgehead atoms. The quantitative estimate of drug-likeness (QED) is 0.198. The van der Waals surface area contributed by atoms with Crippen molar-refractivity contribution in [1.29, 1.82) is 0 Å². The molecule has 2 heterocycles. The van der Waals surface area contributed by atoms with Gasteiger partial charge in [-0.25, -0.2) is 0 Å². The Morgan fingerprint density at radius 2 is 1.77 bits per heavy atom. The molecule has 4 aromatic rings. The lowest BCUT2D eigenvalue weighted by Gasteiger charge is -2.12. The molecule has 0 aliphatic carbocycles. The van der Waals surface area contributed by atoms with Crippen LogP contribution in [0.4, 0.5) is 11.4 Å². The van der Waals surface area contributed by atoms with Crippen molar-refractivity contribution in [3.8, 4) is 0 Å². The summed E-state index contributed by atoms with van der Waals surface area (Å²) in [4.78, 5) is 23.9. The van der Waals surface area contributed by atoms with Gasteiger partial charge >= 0.3 is 0 Å². The van der Waals surface area contributed by atoms with Crippen LogP contribution in [0.25, 0.3) is 17.0 Å². The highest BCUT2D eigenvalue weighted by Crippen LogP contribution is 2.33. The first-order valence-electron chi connectivity index (χ1n) is 11.4. The van der Waals surface area contributed by atoms with Crippen LogP contribution in [0, 0.1) is 10.1 Å². The fraction of sp³-hybridized carbons (Fsp3) is 0.148. The molecular formula is C27H24N4O3S. The number of carbonyl (C=O) groups excluding carboxylic acids is 1. The Morgan fingerprint density at radius 1 is 1.06 bits per heavy atom. The van der Waals surface area contributed by atoms with E-state index in [0.29, 0.717) is 11.4 Å². The van der Waals surface area contributed by atoms with Crippen LogP contribution >= 0.6 is 11.8 Å². The van der Waals surface area contributed by atoms with Gasteiger partial charge in [0.05, 0.1) is 9.83 Å². The maximum Gasteiger partial charge on any atom is 0.269 e. The molecule has 1 aliphatic heterocycles. The molecule has 0 spiro atoms. The highest BCUT2D eigenvalue weighted by molar-refractivity contribution is 8.05. The van der Waals surface area contributed by atoms with Gasteiger partial charge < -0.3 is 15.2 Å². The van der Waals surface area contributed by atoms with Gasteiger partial charge in [-0.15, -0.1) is 0 Å². The number of fused-ring (bicyclic) bond motifs is 1. The highest BCUT2D eigenvalue weighted by Gasteiger charge is 2.27. The number of thioether (sulfide) groups is 1. The minimum atomic E-state index is -0.397. The Kier molecular flexibility index (Phi) is 6.29. The molecule has 1 aliphatic rings. The average Bonchev–Trinajstić information content (AvgIpc) is 3.39. The molecule has 35 heavy (non-hydrogen) atoms. The van der Waals surface area contributed by atoms with E-state index in [1.807, 2.05) is 48.7 Å². The van der Waals surface area contributed by atoms with Crippen LogP contribution < -0.4 is 10.6 Å². The number of nitrogens with zero attached hydrogens (tertiary/aromatic N) is 2. The predicted octanol–water partition coefficient (Wildman–Crippen LogP) is 5.76. The molecule has 1 saturated heterocycles. The topological polar surface area (TPSA) is 89.2 Å². The molecule has 1 amide bonds. The fourth-order valence-corrected chi connectivity index (χ4v) is 5.11. The van der Waals surface area contributed by atoms with E-state index in [4.69, 9.17) is 0 Å². The third-order valence-electron chi connectivity index (χ3n) is 6.00. The molecule has 8 heteroatoms. The van der Waals surface area contributed by atoms with Gasteiger partial charge in [0.15, 0.2) is 5.50 Å². The normalized spacial score (nSPS) is 16.5. The highest BCUT2D eigenvalue weighted by atomic mass is 32.2. The summed E-state index contributed by atoms with van der Waals surface area (Å²) in [5, 5.41) is 18.3. The Labute approximate surface area is 207 Å². The molecule has 1 fully saturated rings. The van der Waals surface area contributed by atoms with E-state index < -0.39 is 4.92 Å². The van der Waals surface area contributed by atoms with Crippen molar-refractivity contribution in [3.63, 3.8) is 0 Å². The van der Waals surface area contributed by atoms with Gasteiger partial charge in [0.25, 0.3) is 11.6 Å². The van der Waals surface area contributed by atoms with Gasteiger partial charge in [-0.2, -0.15) is 0 Å². The van der Waals surface area contributed by atoms with E-state index in [1.54, 1.807) is 12.1 Å². The number of amides is 1. The van der Waals surface area contributed by atoms with Gasteiger partial charge in [0.1, 0.15) is 0 Å². The number of nitro benzene ring substituents is 1. The number of aryl methyl sites for hydroxylation is 1. The first-order valence-corrected chi connectivity index (χ1v) is 12.2. The molecule has 176 valence electrons. The van der Waals surface area contributed by atoms with Gasteiger partial charge in [-0.05, 0) is 41.8 Å². The third-order valence-corrected chi connectivity index (χ3v) is 7.03. The second-order valence-corrected chi connectivity index (χ2v) is 9.47. The van der Waals surface area contributed by atoms with Crippen LogP contribution in [0.2, 0.25) is 0 Å². The Balaban J connectivity index is 1.38. The molecular weight excluding hydrogens is 460 g/mol. The molecule has 3 aromatic carbocycles. The van der Waals surface area contributed by atoms with Crippen LogP contribution in [0.3, 0.4) is 0 Å². The van der Waals surface area contributed by atoms with E-state index in [9.17, 15) is 14.9 Å². The Hall–Kier alpha value is -4.04. The summed E-state index contributed by atoms with van der Waals surface area (Å²) in [7, 11) is 0. The Bertz CT molecular complexity index is 1430. The van der Waals surface area contributed by atoms with Gasteiger partial charge in [0, 0.05) is 47.0 Å². The van der Waals surface area contributed by atoms with E-state index in [2.05, 4.69) is 34.3 Å². The van der Waals surface area contributed by atoms with Crippen LogP contribution in [0.1, 0.15) is 23.6 Å². The summed E-state index contributed by atoms with van der Waals surface area (Å²) in [6, 6.07) is 22.8. The van der Waals surface area contributed by atoms with Crippen LogP contribution in [0.5, 0.6) is 0 Å². The number of para-hydroxylation sites is 1. The van der Waals surface area contributed by atoms with Crippen molar-refractivity contribution in [2.45, 2.75) is 25.4 Å². The number of nitrogens with one attached hydrogen (secondary N) is 2. The molecule has 0 unspecified atom stereocenters. The smallest absolute Gasteiger partial charge is 0.269 e. The van der Waals surface area contributed by atoms with E-state index >= 15 is 0 Å². The number of rotatable bonds is 7. The van der Waals surface area contributed by atoms with Gasteiger partial charge in [-0.1, -0.05) is 61.2 Å². The van der Waals surface area contributed by atoms with Crippen LogP contribution in [0.15, 0.2) is 83.9 Å². The minimum absolute atomic E-state index is 0.0743. The van der Waals surface area contributed by atoms with Crippen molar-refractivity contribution in [3.05, 3.63) is 111 Å². The lowest BCUT2D eigenvalue weighted by atomic mass is 10.1. The van der Waals surface area contributed by atoms with Crippen molar-refractivity contribution in [2.24, 2.45) is 0 Å². The van der Waals surface area contributed by atoms with Crippen molar-refractivity contribution >= 4 is 46.0 Å². The third kappa shape index (κ3) is 4.93. The van der Waals surface area contributed by atoms with E-state index in [0.717, 1.165) is 34.1 Å². The van der Waals surface area contributed by atoms with E-state index in [1.165, 1.54) is 29.5 Å². The van der Waals surface area contributed by atoms with Crippen molar-refractivity contribution in [1.82, 2.24) is 9.88 Å². The zero-order valence-electron chi connectivity index (χ0n) is 19.1. The number of nitro groups is 1. The van der Waals surface area contributed by atoms with Crippen molar-refractivity contribution in [2.75, 3.05) is 5.32 Å². The standard InChI is InChI=1S/C27H24N4O3S/c1-2-18-7-11-21(12-8-18)28-27-29-26(32)25(35-27)15-20-17-30(24-6-4-3-5-23(20)24)16-19-9-13-22(14-10-19)31(33)34/h3-15,17,27-28H,2,16H2,1H3,(H,29,32)/b25-15-/t27-/m1/s1. The van der Waals surface area contributed by atoms with Crippen LogP contribution in [-0.2, 0) is 17.8 Å². The number of non-ortho nitro benzene ring substituents is 1. The van der Waals surface area contributed by atoms with Crippen LogP contribution in [-0.4, -0.2) is 20.9 Å². The molecule has 5 rings (SSSR count). The number of benzene rings is 3. The number of anilines is 1. The fourth-order valence-electron chi connectivity index (χ4n) is 4.14. The number of hydrogen-bond acceptors (Lipinski definition) is 5. The molecule has 1 aromatic heterocycles. The molecule has 1 atom stereocenters. The summed E-state index contributed by atoms with van der Waals surface area (Å²) >= 11 is 1.46. The molecule has 0 saturated carbocycles. The second-order valence-electron chi connectivity index (χ2n) is 8.33. The zero-order chi connectivity index (χ0) is 24.4. The lowest BCUT2D eigenvalue weighted by Crippen LogP contribution is -2.30. The number of aromatic nitrogens is 1. The number of carbonyl (C=O) groups is 1. The van der Waals surface area contributed by atoms with E-state index in [-0.39, 0.29) is 17.1 Å². The second kappa shape index (κ2) is 9.68.